The van der Waals surface area contributed by atoms with Crippen molar-refractivity contribution in [3.8, 4) is 5.75 Å². The molecule has 7 heteroatoms. The highest BCUT2D eigenvalue weighted by Gasteiger charge is 2.20. The van der Waals surface area contributed by atoms with E-state index in [1.807, 2.05) is 20.8 Å². The first-order valence-electron chi connectivity index (χ1n) is 6.78. The molecule has 1 N–H and O–H groups in total. The first-order chi connectivity index (χ1) is 9.75. The third kappa shape index (κ3) is 5.55. The number of carbonyl (C=O) groups excluding carboxylic acids is 1. The Hall–Kier alpha value is -1.27. The zero-order chi connectivity index (χ0) is 16.0. The van der Waals surface area contributed by atoms with Crippen molar-refractivity contribution < 1.29 is 17.9 Å². The number of hydrogen-bond acceptors (Lipinski definition) is 4. The third-order valence-electron chi connectivity index (χ3n) is 2.64. The highest BCUT2D eigenvalue weighted by Crippen LogP contribution is 2.28. The molecule has 1 aromatic rings. The minimum Gasteiger partial charge on any atom is -0.492 e. The van der Waals surface area contributed by atoms with E-state index in [4.69, 9.17) is 15.4 Å². The zero-order valence-electron chi connectivity index (χ0n) is 12.3. The fraction of sp³-hybridized carbons (Fsp3) is 0.500. The summed E-state index contributed by atoms with van der Waals surface area (Å²) in [5.41, 5.74) is 0.228. The van der Waals surface area contributed by atoms with Crippen LogP contribution in [-0.4, -0.2) is 27.0 Å². The Labute approximate surface area is 130 Å². The van der Waals surface area contributed by atoms with Crippen LogP contribution in [0.25, 0.3) is 0 Å². The fourth-order valence-corrected chi connectivity index (χ4v) is 2.63. The molecule has 1 amide bonds. The molecule has 0 aliphatic heterocycles. The van der Waals surface area contributed by atoms with Gasteiger partial charge in [-0.05, 0) is 38.5 Å². The van der Waals surface area contributed by atoms with Crippen molar-refractivity contribution in [1.82, 2.24) is 5.32 Å². The van der Waals surface area contributed by atoms with Crippen LogP contribution in [0.4, 0.5) is 0 Å². The van der Waals surface area contributed by atoms with E-state index in [1.165, 1.54) is 18.2 Å². The number of halogens is 1. The van der Waals surface area contributed by atoms with E-state index in [0.29, 0.717) is 6.61 Å². The molecule has 0 aromatic heterocycles. The number of rotatable bonds is 7. The molecular formula is C14H20ClNO4S. The van der Waals surface area contributed by atoms with Crippen LogP contribution < -0.4 is 10.1 Å². The Morgan fingerprint density at radius 1 is 1.38 bits per heavy atom. The molecule has 0 saturated heterocycles. The Morgan fingerprint density at radius 3 is 2.57 bits per heavy atom. The lowest BCUT2D eigenvalue weighted by Gasteiger charge is -2.12. The van der Waals surface area contributed by atoms with E-state index < -0.39 is 9.05 Å². The quantitative estimate of drug-likeness (QED) is 0.615. The highest BCUT2D eigenvalue weighted by atomic mass is 35.7. The van der Waals surface area contributed by atoms with Gasteiger partial charge in [0.1, 0.15) is 10.6 Å². The van der Waals surface area contributed by atoms with Gasteiger partial charge in [0, 0.05) is 22.3 Å². The summed E-state index contributed by atoms with van der Waals surface area (Å²) in [7, 11) is 1.43. The summed E-state index contributed by atoms with van der Waals surface area (Å²) in [4.78, 5) is 11.7. The molecule has 0 saturated carbocycles. The molecule has 0 heterocycles. The molecule has 0 radical (unpaired) electrons. The van der Waals surface area contributed by atoms with Crippen LogP contribution in [-0.2, 0) is 9.05 Å². The molecule has 5 nitrogen and oxygen atoms in total. The normalized spacial score (nSPS) is 11.5. The predicted molar refractivity (Wildman–Crippen MR) is 82.5 cm³/mol. The summed E-state index contributed by atoms with van der Waals surface area (Å²) < 4.78 is 28.7. The van der Waals surface area contributed by atoms with Crippen molar-refractivity contribution in [2.24, 2.45) is 0 Å². The van der Waals surface area contributed by atoms with Crippen molar-refractivity contribution in [3.63, 3.8) is 0 Å². The van der Waals surface area contributed by atoms with Gasteiger partial charge >= 0.3 is 0 Å². The number of carbonyl (C=O) groups is 1. The van der Waals surface area contributed by atoms with Crippen LogP contribution in [0.2, 0.25) is 0 Å². The van der Waals surface area contributed by atoms with Gasteiger partial charge in [-0.3, -0.25) is 4.79 Å². The summed E-state index contributed by atoms with van der Waals surface area (Å²) in [6.07, 6.45) is 1.73. The molecule has 0 atom stereocenters. The van der Waals surface area contributed by atoms with E-state index in [0.717, 1.165) is 12.8 Å². The third-order valence-corrected chi connectivity index (χ3v) is 3.99. The number of amides is 1. The maximum absolute atomic E-state index is 11.9. The van der Waals surface area contributed by atoms with E-state index in [1.54, 1.807) is 0 Å². The topological polar surface area (TPSA) is 72.5 Å². The number of unbranched alkanes of at least 4 members (excludes halogenated alkanes) is 1. The highest BCUT2D eigenvalue weighted by molar-refractivity contribution is 8.13. The van der Waals surface area contributed by atoms with Crippen LogP contribution in [0.15, 0.2) is 23.1 Å². The van der Waals surface area contributed by atoms with Crippen LogP contribution in [0, 0.1) is 0 Å². The van der Waals surface area contributed by atoms with Crippen molar-refractivity contribution in [1.29, 1.82) is 0 Å². The smallest absolute Gasteiger partial charge is 0.265 e. The van der Waals surface area contributed by atoms with Gasteiger partial charge in [-0.25, -0.2) is 8.42 Å². The van der Waals surface area contributed by atoms with E-state index >= 15 is 0 Å². The van der Waals surface area contributed by atoms with Gasteiger partial charge in [0.25, 0.3) is 15.0 Å². The summed E-state index contributed by atoms with van der Waals surface area (Å²) in [5, 5.41) is 2.69. The zero-order valence-corrected chi connectivity index (χ0v) is 13.9. The molecule has 1 aromatic carbocycles. The monoisotopic (exact) mass is 333 g/mol. The Bertz CT molecular complexity index is 599. The van der Waals surface area contributed by atoms with Gasteiger partial charge in [0.15, 0.2) is 0 Å². The SMILES string of the molecule is CCCCOc1ccc(C(=O)NC(C)C)cc1S(=O)(=O)Cl. The van der Waals surface area contributed by atoms with Crippen molar-refractivity contribution in [3.05, 3.63) is 23.8 Å². The van der Waals surface area contributed by atoms with Gasteiger partial charge in [0.05, 0.1) is 6.61 Å². The first-order valence-corrected chi connectivity index (χ1v) is 9.09. The molecule has 21 heavy (non-hydrogen) atoms. The molecule has 1 rings (SSSR count). The van der Waals surface area contributed by atoms with Gasteiger partial charge in [-0.15, -0.1) is 0 Å². The second-order valence-electron chi connectivity index (χ2n) is 4.93. The fourth-order valence-electron chi connectivity index (χ4n) is 1.63. The molecule has 118 valence electrons. The predicted octanol–water partition coefficient (Wildman–Crippen LogP) is 2.93. The van der Waals surface area contributed by atoms with Crippen LogP contribution in [0.5, 0.6) is 5.75 Å². The van der Waals surface area contributed by atoms with Gasteiger partial charge in [-0.2, -0.15) is 0 Å². The first kappa shape index (κ1) is 17.8. The maximum Gasteiger partial charge on any atom is 0.265 e. The summed E-state index contributed by atoms with van der Waals surface area (Å²) in [6, 6.07) is 4.17. The Balaban J connectivity index is 3.10. The van der Waals surface area contributed by atoms with Crippen LogP contribution >= 0.6 is 10.7 Å². The van der Waals surface area contributed by atoms with E-state index in [2.05, 4.69) is 5.32 Å². The summed E-state index contributed by atoms with van der Waals surface area (Å²) in [6.45, 7) is 6.04. The molecule has 0 unspecified atom stereocenters. The van der Waals surface area contributed by atoms with Crippen LogP contribution in [0.1, 0.15) is 44.0 Å². The van der Waals surface area contributed by atoms with Crippen molar-refractivity contribution >= 4 is 25.6 Å². The van der Waals surface area contributed by atoms with Crippen molar-refractivity contribution in [2.75, 3.05) is 6.61 Å². The average Bonchev–Trinajstić information content (AvgIpc) is 2.37. The van der Waals surface area contributed by atoms with E-state index in [-0.39, 0.29) is 28.2 Å². The second-order valence-corrected chi connectivity index (χ2v) is 7.46. The van der Waals surface area contributed by atoms with E-state index in [9.17, 15) is 13.2 Å². The van der Waals surface area contributed by atoms with Gasteiger partial charge < -0.3 is 10.1 Å². The summed E-state index contributed by atoms with van der Waals surface area (Å²) in [5.74, 6) is -0.189. The molecule has 0 bridgehead atoms. The molecule has 0 fully saturated rings. The minimum atomic E-state index is -3.99. The summed E-state index contributed by atoms with van der Waals surface area (Å²) >= 11 is 0. The number of nitrogens with one attached hydrogen (secondary N) is 1. The lowest BCUT2D eigenvalue weighted by atomic mass is 10.2. The maximum atomic E-state index is 11.9. The number of benzene rings is 1. The largest absolute Gasteiger partial charge is 0.492 e. The minimum absolute atomic E-state index is 0.0472. The lowest BCUT2D eigenvalue weighted by Crippen LogP contribution is -2.30. The van der Waals surface area contributed by atoms with Gasteiger partial charge in [0.2, 0.25) is 0 Å². The lowest BCUT2D eigenvalue weighted by molar-refractivity contribution is 0.0943. The number of ether oxygens (including phenoxy) is 1. The van der Waals surface area contributed by atoms with Crippen molar-refractivity contribution in [2.45, 2.75) is 44.6 Å². The molecule has 0 aliphatic rings. The Kier molecular flexibility index (Phi) is 6.48. The molecule has 0 spiro atoms. The molecular weight excluding hydrogens is 314 g/mol. The average molecular weight is 334 g/mol. The Morgan fingerprint density at radius 2 is 2.05 bits per heavy atom. The standard InChI is InChI=1S/C14H20ClNO4S/c1-4-5-8-20-12-7-6-11(14(17)16-10(2)3)9-13(12)21(15,18)19/h6-7,9-10H,4-5,8H2,1-3H3,(H,16,17). The van der Waals surface area contributed by atoms with Gasteiger partial charge in [-0.1, -0.05) is 13.3 Å². The second kappa shape index (κ2) is 7.66. The number of hydrogen-bond donors (Lipinski definition) is 1. The molecule has 0 aliphatic carbocycles. The van der Waals surface area contributed by atoms with Crippen LogP contribution in [0.3, 0.4) is 0 Å².